The van der Waals surface area contributed by atoms with Crippen LogP contribution >= 0.6 is 0 Å². The summed E-state index contributed by atoms with van der Waals surface area (Å²) in [5.41, 5.74) is 6.22. The number of hydrogen-bond acceptors (Lipinski definition) is 5. The van der Waals surface area contributed by atoms with Gasteiger partial charge in [0.2, 0.25) is 11.8 Å². The third-order valence-electron chi connectivity index (χ3n) is 2.06. The van der Waals surface area contributed by atoms with Gasteiger partial charge < -0.3 is 15.0 Å². The fourth-order valence-corrected chi connectivity index (χ4v) is 1.24. The lowest BCUT2D eigenvalue weighted by Gasteiger charge is -2.02. The van der Waals surface area contributed by atoms with E-state index in [1.54, 1.807) is 18.2 Å². The number of carbonyl (C=O) groups excluding carboxylic acids is 1. The molecule has 0 saturated heterocycles. The van der Waals surface area contributed by atoms with Gasteiger partial charge in [-0.1, -0.05) is 5.16 Å². The molecule has 0 aliphatic carbocycles. The zero-order valence-corrected chi connectivity index (χ0v) is 9.21. The van der Waals surface area contributed by atoms with Crippen LogP contribution in [0.1, 0.15) is 21.8 Å². The maximum Gasteiger partial charge on any atom is 0.250 e. The fraction of sp³-hybridized carbons (Fsp3) is 0.182. The summed E-state index contributed by atoms with van der Waals surface area (Å²) in [5, 5.41) is 3.73. The third kappa shape index (κ3) is 2.81. The number of nitrogens with zero attached hydrogens (tertiary/aromatic N) is 2. The van der Waals surface area contributed by atoms with Gasteiger partial charge in [0, 0.05) is 18.3 Å². The van der Waals surface area contributed by atoms with E-state index in [1.807, 2.05) is 6.92 Å². The largest absolute Gasteiger partial charge is 0.469 e. The van der Waals surface area contributed by atoms with Crippen LogP contribution in [0.15, 0.2) is 28.9 Å². The minimum Gasteiger partial charge on any atom is -0.469 e. The fourth-order valence-electron chi connectivity index (χ4n) is 1.24. The molecule has 0 bridgehead atoms. The Morgan fingerprint density at radius 2 is 2.35 bits per heavy atom. The van der Waals surface area contributed by atoms with E-state index in [0.717, 1.165) is 5.69 Å². The number of ether oxygens (including phenoxy) is 1. The van der Waals surface area contributed by atoms with Crippen molar-refractivity contribution in [3.05, 3.63) is 41.4 Å². The van der Waals surface area contributed by atoms with Crippen LogP contribution in [0, 0.1) is 6.92 Å². The lowest BCUT2D eigenvalue weighted by molar-refractivity contribution is 0.1000. The second-order valence-electron chi connectivity index (χ2n) is 3.47. The van der Waals surface area contributed by atoms with Gasteiger partial charge in [-0.15, -0.1) is 0 Å². The van der Waals surface area contributed by atoms with Crippen molar-refractivity contribution in [1.82, 2.24) is 10.1 Å². The number of pyridine rings is 1. The molecule has 2 aromatic heterocycles. The zero-order valence-electron chi connectivity index (χ0n) is 9.21. The van der Waals surface area contributed by atoms with Crippen LogP contribution in [0.3, 0.4) is 0 Å². The zero-order chi connectivity index (χ0) is 12.3. The summed E-state index contributed by atoms with van der Waals surface area (Å²) in [7, 11) is 0. The lowest BCUT2D eigenvalue weighted by Crippen LogP contribution is -2.11. The smallest absolute Gasteiger partial charge is 0.250 e. The van der Waals surface area contributed by atoms with Crippen molar-refractivity contribution in [2.24, 2.45) is 5.73 Å². The number of amides is 1. The molecular formula is C11H11N3O3. The Morgan fingerprint density at radius 3 is 2.88 bits per heavy atom. The highest BCUT2D eigenvalue weighted by atomic mass is 16.5. The number of nitrogens with two attached hydrogens (primary N) is 1. The number of aromatic nitrogens is 2. The predicted molar refractivity (Wildman–Crippen MR) is 58.3 cm³/mol. The molecule has 2 heterocycles. The van der Waals surface area contributed by atoms with E-state index in [2.05, 4.69) is 10.1 Å². The number of hydrogen-bond donors (Lipinski definition) is 1. The molecule has 0 unspecified atom stereocenters. The molecule has 0 radical (unpaired) electrons. The standard InChI is InChI=1S/C11H11N3O3/c1-7-4-9(17-14-7)6-16-10-3-2-8(5-13-10)11(12)15/h2-5H,6H2,1H3,(H2,12,15). The highest BCUT2D eigenvalue weighted by Crippen LogP contribution is 2.10. The van der Waals surface area contributed by atoms with Crippen LogP contribution in [0.5, 0.6) is 5.88 Å². The molecule has 88 valence electrons. The normalized spacial score (nSPS) is 10.2. The van der Waals surface area contributed by atoms with Gasteiger partial charge in [0.15, 0.2) is 12.4 Å². The van der Waals surface area contributed by atoms with Crippen LogP contribution < -0.4 is 10.5 Å². The first kappa shape index (κ1) is 11.1. The summed E-state index contributed by atoms with van der Waals surface area (Å²) >= 11 is 0. The Morgan fingerprint density at radius 1 is 1.53 bits per heavy atom. The summed E-state index contributed by atoms with van der Waals surface area (Å²) in [6.07, 6.45) is 1.36. The predicted octanol–water partition coefficient (Wildman–Crippen LogP) is 1.06. The van der Waals surface area contributed by atoms with E-state index < -0.39 is 5.91 Å². The Kier molecular flexibility index (Phi) is 3.04. The average molecular weight is 233 g/mol. The minimum atomic E-state index is -0.519. The Bertz CT molecular complexity index is 519. The van der Waals surface area contributed by atoms with E-state index in [9.17, 15) is 4.79 Å². The van der Waals surface area contributed by atoms with Gasteiger partial charge in [-0.25, -0.2) is 4.98 Å². The third-order valence-corrected chi connectivity index (χ3v) is 2.06. The second-order valence-corrected chi connectivity index (χ2v) is 3.47. The highest BCUT2D eigenvalue weighted by molar-refractivity contribution is 5.92. The SMILES string of the molecule is Cc1cc(COc2ccc(C(N)=O)cn2)on1. The van der Waals surface area contributed by atoms with Crippen molar-refractivity contribution in [2.45, 2.75) is 13.5 Å². The molecule has 17 heavy (non-hydrogen) atoms. The van der Waals surface area contributed by atoms with Crippen molar-refractivity contribution in [2.75, 3.05) is 0 Å². The van der Waals surface area contributed by atoms with E-state index in [0.29, 0.717) is 17.2 Å². The van der Waals surface area contributed by atoms with Crippen molar-refractivity contribution < 1.29 is 14.1 Å². The second kappa shape index (κ2) is 4.65. The summed E-state index contributed by atoms with van der Waals surface area (Å²) in [6, 6.07) is 4.90. The maximum absolute atomic E-state index is 10.8. The Hall–Kier alpha value is -2.37. The minimum absolute atomic E-state index is 0.240. The lowest BCUT2D eigenvalue weighted by atomic mass is 10.3. The molecule has 2 rings (SSSR count). The first-order valence-corrected chi connectivity index (χ1v) is 4.96. The topological polar surface area (TPSA) is 91.2 Å². The van der Waals surface area contributed by atoms with Gasteiger partial charge in [-0.2, -0.15) is 0 Å². The highest BCUT2D eigenvalue weighted by Gasteiger charge is 2.04. The Balaban J connectivity index is 1.97. The molecule has 0 spiro atoms. The van der Waals surface area contributed by atoms with Gasteiger partial charge in [0.25, 0.3) is 0 Å². The van der Waals surface area contributed by atoms with Crippen molar-refractivity contribution >= 4 is 5.91 Å². The van der Waals surface area contributed by atoms with Gasteiger partial charge >= 0.3 is 0 Å². The number of primary amides is 1. The monoisotopic (exact) mass is 233 g/mol. The van der Waals surface area contributed by atoms with Crippen LogP contribution in [-0.4, -0.2) is 16.0 Å². The molecular weight excluding hydrogens is 222 g/mol. The molecule has 0 fully saturated rings. The van der Waals surface area contributed by atoms with E-state index in [-0.39, 0.29) is 6.61 Å². The molecule has 0 saturated carbocycles. The molecule has 6 nitrogen and oxygen atoms in total. The molecule has 0 aliphatic heterocycles. The number of aryl methyl sites for hydroxylation is 1. The molecule has 1 amide bonds. The molecule has 0 atom stereocenters. The van der Waals surface area contributed by atoms with E-state index in [4.69, 9.17) is 15.0 Å². The summed E-state index contributed by atoms with van der Waals surface area (Å²) in [4.78, 5) is 14.7. The summed E-state index contributed by atoms with van der Waals surface area (Å²) in [5.74, 6) is 0.488. The van der Waals surface area contributed by atoms with Gasteiger partial charge in [0.1, 0.15) is 0 Å². The van der Waals surface area contributed by atoms with E-state index in [1.165, 1.54) is 6.20 Å². The van der Waals surface area contributed by atoms with Crippen LogP contribution in [0.4, 0.5) is 0 Å². The van der Waals surface area contributed by atoms with Crippen LogP contribution in [0.25, 0.3) is 0 Å². The summed E-state index contributed by atoms with van der Waals surface area (Å²) < 4.78 is 10.3. The summed E-state index contributed by atoms with van der Waals surface area (Å²) in [6.45, 7) is 2.07. The molecule has 0 aromatic carbocycles. The first-order chi connectivity index (χ1) is 8.15. The van der Waals surface area contributed by atoms with Crippen molar-refractivity contribution in [3.63, 3.8) is 0 Å². The molecule has 2 N–H and O–H groups in total. The van der Waals surface area contributed by atoms with Gasteiger partial charge in [0.05, 0.1) is 11.3 Å². The molecule has 6 heteroatoms. The average Bonchev–Trinajstić information content (AvgIpc) is 2.73. The maximum atomic E-state index is 10.8. The van der Waals surface area contributed by atoms with Crippen LogP contribution in [0.2, 0.25) is 0 Å². The van der Waals surface area contributed by atoms with Crippen LogP contribution in [-0.2, 0) is 6.61 Å². The molecule has 2 aromatic rings. The quantitative estimate of drug-likeness (QED) is 0.852. The number of rotatable bonds is 4. The number of carbonyl (C=O) groups is 1. The first-order valence-electron chi connectivity index (χ1n) is 4.96. The molecule has 0 aliphatic rings. The van der Waals surface area contributed by atoms with E-state index >= 15 is 0 Å². The van der Waals surface area contributed by atoms with Gasteiger partial charge in [-0.3, -0.25) is 4.79 Å². The van der Waals surface area contributed by atoms with Crippen molar-refractivity contribution in [1.29, 1.82) is 0 Å². The van der Waals surface area contributed by atoms with Gasteiger partial charge in [-0.05, 0) is 13.0 Å². The Labute approximate surface area is 97.4 Å². The van der Waals surface area contributed by atoms with Crippen molar-refractivity contribution in [3.8, 4) is 5.88 Å².